The molecule has 4 aromatic rings. The van der Waals surface area contributed by atoms with Crippen LogP contribution in [0.25, 0.3) is 10.2 Å². The van der Waals surface area contributed by atoms with Crippen LogP contribution in [0.4, 0.5) is 21.9 Å². The Hall–Kier alpha value is -3.98. The van der Waals surface area contributed by atoms with Gasteiger partial charge in [0.2, 0.25) is 0 Å². The molecule has 5 rings (SSSR count). The molecule has 3 heterocycles. The molecule has 2 aromatic heterocycles. The molecule has 0 radical (unpaired) electrons. The Balaban J connectivity index is 1.37. The number of para-hydroxylation sites is 1. The minimum Gasteiger partial charge on any atom is -0.321 e. The zero-order valence-corrected chi connectivity index (χ0v) is 19.6. The van der Waals surface area contributed by atoms with Gasteiger partial charge in [-0.25, -0.2) is 9.78 Å². The molecular formula is C25H23N5O3S. The smallest absolute Gasteiger partial charge is 0.321 e. The number of thiophene rings is 1. The highest BCUT2D eigenvalue weighted by atomic mass is 32.1. The summed E-state index contributed by atoms with van der Waals surface area (Å²) in [5.41, 5.74) is 3.21. The third kappa shape index (κ3) is 4.06. The normalized spacial score (nSPS) is 12.4. The summed E-state index contributed by atoms with van der Waals surface area (Å²) in [7, 11) is 0. The van der Waals surface area contributed by atoms with Crippen LogP contribution in [-0.2, 0) is 13.0 Å². The van der Waals surface area contributed by atoms with E-state index in [0.717, 1.165) is 24.2 Å². The highest BCUT2D eigenvalue weighted by Crippen LogP contribution is 2.30. The van der Waals surface area contributed by atoms with Crippen molar-refractivity contribution in [3.63, 3.8) is 0 Å². The van der Waals surface area contributed by atoms with Crippen LogP contribution in [0.3, 0.4) is 0 Å². The first kappa shape index (κ1) is 21.8. The first-order chi connectivity index (χ1) is 16.4. The molecule has 0 saturated carbocycles. The lowest BCUT2D eigenvalue weighted by atomic mass is 10.1. The van der Waals surface area contributed by atoms with E-state index in [0.29, 0.717) is 44.3 Å². The average Bonchev–Trinajstić information content (AvgIpc) is 3.41. The summed E-state index contributed by atoms with van der Waals surface area (Å²) in [5, 5.41) is 9.00. The van der Waals surface area contributed by atoms with Gasteiger partial charge in [0.15, 0.2) is 0 Å². The predicted octanol–water partition coefficient (Wildman–Crippen LogP) is 4.92. The Kier molecular flexibility index (Phi) is 5.62. The monoisotopic (exact) mass is 473 g/mol. The van der Waals surface area contributed by atoms with Gasteiger partial charge in [-0.2, -0.15) is 0 Å². The van der Waals surface area contributed by atoms with Crippen LogP contribution in [0.15, 0.2) is 53.3 Å². The number of anilines is 3. The number of nitrogens with one attached hydrogen (secondary N) is 3. The number of fused-ring (bicyclic) bond motifs is 2. The van der Waals surface area contributed by atoms with Gasteiger partial charge < -0.3 is 16.0 Å². The van der Waals surface area contributed by atoms with Crippen molar-refractivity contribution in [1.82, 2.24) is 9.55 Å². The van der Waals surface area contributed by atoms with E-state index in [1.165, 1.54) is 11.3 Å². The van der Waals surface area contributed by atoms with Gasteiger partial charge in [-0.1, -0.05) is 24.3 Å². The van der Waals surface area contributed by atoms with Crippen molar-refractivity contribution in [3.8, 4) is 0 Å². The number of carbonyl (C=O) groups is 2. The van der Waals surface area contributed by atoms with Crippen molar-refractivity contribution in [1.29, 1.82) is 0 Å². The highest BCUT2D eigenvalue weighted by molar-refractivity contribution is 7.20. The van der Waals surface area contributed by atoms with Crippen LogP contribution in [0.5, 0.6) is 0 Å². The molecule has 9 heteroatoms. The zero-order chi connectivity index (χ0) is 23.8. The van der Waals surface area contributed by atoms with Crippen LogP contribution in [0.1, 0.15) is 33.0 Å². The Bertz CT molecular complexity index is 1490. The van der Waals surface area contributed by atoms with E-state index >= 15 is 0 Å². The highest BCUT2D eigenvalue weighted by Gasteiger charge is 2.23. The number of urea groups is 1. The first-order valence-electron chi connectivity index (χ1n) is 11.0. The van der Waals surface area contributed by atoms with Crippen molar-refractivity contribution in [3.05, 3.63) is 80.7 Å². The Morgan fingerprint density at radius 2 is 1.76 bits per heavy atom. The fourth-order valence-corrected chi connectivity index (χ4v) is 5.21. The topological polar surface area (TPSA) is 105 Å². The van der Waals surface area contributed by atoms with Gasteiger partial charge in [-0.15, -0.1) is 11.3 Å². The molecule has 0 aliphatic carbocycles. The lowest BCUT2D eigenvalue weighted by molar-refractivity contribution is 0.103. The molecule has 3 N–H and O–H groups in total. The van der Waals surface area contributed by atoms with Crippen LogP contribution in [0, 0.1) is 13.8 Å². The summed E-state index contributed by atoms with van der Waals surface area (Å²) >= 11 is 1.24. The van der Waals surface area contributed by atoms with Gasteiger partial charge in [0.05, 0.1) is 10.3 Å². The van der Waals surface area contributed by atoms with Crippen molar-refractivity contribution in [2.75, 3.05) is 16.0 Å². The first-order valence-corrected chi connectivity index (χ1v) is 11.8. The summed E-state index contributed by atoms with van der Waals surface area (Å²) in [4.78, 5) is 44.1. The summed E-state index contributed by atoms with van der Waals surface area (Å²) in [6.07, 6.45) is 1.69. The molecule has 0 spiro atoms. The lowest BCUT2D eigenvalue weighted by Gasteiger charge is -2.12. The van der Waals surface area contributed by atoms with E-state index in [2.05, 4.69) is 20.9 Å². The van der Waals surface area contributed by atoms with Gasteiger partial charge in [0.1, 0.15) is 10.7 Å². The molecule has 0 unspecified atom stereocenters. The molecule has 1 aliphatic rings. The SMILES string of the molecule is Cc1ccc(NC(=O)Nc2ccccc2)cc1NC(=O)c1sc2nc3n(c(=O)c2c1C)CCC3. The van der Waals surface area contributed by atoms with Gasteiger partial charge in [-0.05, 0) is 55.7 Å². The van der Waals surface area contributed by atoms with Crippen LogP contribution in [0.2, 0.25) is 0 Å². The zero-order valence-electron chi connectivity index (χ0n) is 18.8. The van der Waals surface area contributed by atoms with Crippen LogP contribution >= 0.6 is 11.3 Å². The second-order valence-electron chi connectivity index (χ2n) is 8.25. The molecule has 1 aliphatic heterocycles. The molecular weight excluding hydrogens is 450 g/mol. The maximum Gasteiger partial charge on any atom is 0.323 e. The van der Waals surface area contributed by atoms with Gasteiger partial charge >= 0.3 is 6.03 Å². The number of rotatable bonds is 4. The molecule has 0 bridgehead atoms. The van der Waals surface area contributed by atoms with E-state index in [9.17, 15) is 14.4 Å². The van der Waals surface area contributed by atoms with Gasteiger partial charge in [0.25, 0.3) is 11.5 Å². The number of carbonyl (C=O) groups excluding carboxylic acids is 2. The molecule has 172 valence electrons. The quantitative estimate of drug-likeness (QED) is 0.391. The molecule has 0 fully saturated rings. The van der Waals surface area contributed by atoms with Crippen molar-refractivity contribution < 1.29 is 9.59 Å². The number of benzene rings is 2. The standard InChI is InChI=1S/C25H23N5O3S/c1-14-10-11-17(27-25(33)26-16-7-4-3-5-8-16)13-18(14)28-22(31)21-15(2)20-23(34-21)29-19-9-6-12-30(19)24(20)32/h3-5,7-8,10-11,13H,6,9,12H2,1-2H3,(H,28,31)(H2,26,27,33). The number of nitrogens with zero attached hydrogens (tertiary/aromatic N) is 2. The van der Waals surface area contributed by atoms with E-state index in [1.54, 1.807) is 35.8 Å². The van der Waals surface area contributed by atoms with Crippen LogP contribution in [-0.4, -0.2) is 21.5 Å². The Morgan fingerprint density at radius 1 is 1.00 bits per heavy atom. The fraction of sp³-hybridized carbons (Fsp3) is 0.200. The summed E-state index contributed by atoms with van der Waals surface area (Å²) in [6, 6.07) is 14.1. The lowest BCUT2D eigenvalue weighted by Crippen LogP contribution is -2.21. The second-order valence-corrected chi connectivity index (χ2v) is 9.25. The summed E-state index contributed by atoms with van der Waals surface area (Å²) in [5.74, 6) is 0.480. The minimum atomic E-state index is -0.382. The second kappa shape index (κ2) is 8.75. The number of aromatic nitrogens is 2. The van der Waals surface area contributed by atoms with E-state index in [-0.39, 0.29) is 17.5 Å². The average molecular weight is 474 g/mol. The fourth-order valence-electron chi connectivity index (χ4n) is 4.12. The number of hydrogen-bond acceptors (Lipinski definition) is 5. The number of amides is 3. The molecule has 34 heavy (non-hydrogen) atoms. The largest absolute Gasteiger partial charge is 0.323 e. The molecule has 0 saturated heterocycles. The van der Waals surface area contributed by atoms with E-state index in [1.807, 2.05) is 31.2 Å². The maximum absolute atomic E-state index is 13.2. The Labute approximate surface area is 199 Å². The molecule has 2 aromatic carbocycles. The molecule has 8 nitrogen and oxygen atoms in total. The van der Waals surface area contributed by atoms with Gasteiger partial charge in [0, 0.05) is 30.0 Å². The third-order valence-electron chi connectivity index (χ3n) is 5.89. The Morgan fingerprint density at radius 3 is 2.56 bits per heavy atom. The van der Waals surface area contributed by atoms with Crippen molar-refractivity contribution >= 4 is 50.6 Å². The summed E-state index contributed by atoms with van der Waals surface area (Å²) < 4.78 is 1.71. The third-order valence-corrected chi connectivity index (χ3v) is 7.08. The van der Waals surface area contributed by atoms with Gasteiger partial charge in [-0.3, -0.25) is 14.2 Å². The predicted molar refractivity (Wildman–Crippen MR) is 135 cm³/mol. The van der Waals surface area contributed by atoms with Crippen molar-refractivity contribution in [2.45, 2.75) is 33.2 Å². The van der Waals surface area contributed by atoms with E-state index < -0.39 is 0 Å². The number of aryl methyl sites for hydroxylation is 3. The van der Waals surface area contributed by atoms with Crippen molar-refractivity contribution in [2.24, 2.45) is 0 Å². The number of hydrogen-bond donors (Lipinski definition) is 3. The van der Waals surface area contributed by atoms with E-state index in [4.69, 9.17) is 0 Å². The maximum atomic E-state index is 13.2. The molecule has 0 atom stereocenters. The summed E-state index contributed by atoms with van der Waals surface area (Å²) in [6.45, 7) is 4.34. The molecule has 3 amide bonds. The van der Waals surface area contributed by atoms with Crippen LogP contribution < -0.4 is 21.5 Å². The minimum absolute atomic E-state index is 0.0721.